The van der Waals surface area contributed by atoms with Crippen LogP contribution in [0.25, 0.3) is 17.1 Å². The van der Waals surface area contributed by atoms with Gasteiger partial charge in [-0.05, 0) is 57.0 Å². The maximum absolute atomic E-state index is 5.96. The molecule has 0 saturated heterocycles. The number of para-hydroxylation sites is 1. The van der Waals surface area contributed by atoms with E-state index < -0.39 is 0 Å². The van der Waals surface area contributed by atoms with Crippen molar-refractivity contribution in [2.75, 3.05) is 5.73 Å². The third-order valence-electron chi connectivity index (χ3n) is 3.17. The maximum atomic E-state index is 5.96. The van der Waals surface area contributed by atoms with Crippen LogP contribution in [0.15, 0.2) is 46.9 Å². The summed E-state index contributed by atoms with van der Waals surface area (Å²) in [6.45, 7) is 1.96. The van der Waals surface area contributed by atoms with Crippen molar-refractivity contribution in [1.29, 1.82) is 0 Å². The minimum Gasteiger partial charge on any atom is -0.398 e. The molecular weight excluding hydrogens is 318 g/mol. The van der Waals surface area contributed by atoms with Gasteiger partial charge < -0.3 is 5.73 Å². The summed E-state index contributed by atoms with van der Waals surface area (Å²) >= 11 is 3.52. The zero-order valence-electron chi connectivity index (χ0n) is 10.8. The number of benzene rings is 2. The number of nitrogens with two attached hydrogens (primary N) is 1. The van der Waals surface area contributed by atoms with Crippen molar-refractivity contribution < 1.29 is 0 Å². The van der Waals surface area contributed by atoms with Gasteiger partial charge in [-0.1, -0.05) is 24.3 Å². The molecule has 3 aromatic rings. The number of tetrazole rings is 1. The molecule has 3 rings (SSSR count). The topological polar surface area (TPSA) is 69.6 Å². The Morgan fingerprint density at radius 2 is 1.90 bits per heavy atom. The molecule has 0 saturated carbocycles. The highest BCUT2D eigenvalue weighted by Gasteiger charge is 2.15. The Labute approximate surface area is 124 Å². The molecule has 20 heavy (non-hydrogen) atoms. The van der Waals surface area contributed by atoms with Crippen LogP contribution in [-0.2, 0) is 0 Å². The SMILES string of the molecule is Cc1c(N)cccc1-c1nnnn1-c1ccccc1Br. The van der Waals surface area contributed by atoms with Crippen molar-refractivity contribution in [3.05, 3.63) is 52.5 Å². The third-order valence-corrected chi connectivity index (χ3v) is 3.84. The highest BCUT2D eigenvalue weighted by molar-refractivity contribution is 9.10. The van der Waals surface area contributed by atoms with Crippen molar-refractivity contribution in [3.63, 3.8) is 0 Å². The fourth-order valence-electron chi connectivity index (χ4n) is 2.04. The highest BCUT2D eigenvalue weighted by Crippen LogP contribution is 2.28. The van der Waals surface area contributed by atoms with Crippen molar-refractivity contribution in [3.8, 4) is 17.1 Å². The number of anilines is 1. The number of nitrogen functional groups attached to an aromatic ring is 1. The summed E-state index contributed by atoms with van der Waals surface area (Å²) in [7, 11) is 0. The van der Waals surface area contributed by atoms with E-state index in [1.807, 2.05) is 49.4 Å². The lowest BCUT2D eigenvalue weighted by atomic mass is 10.1. The zero-order valence-corrected chi connectivity index (χ0v) is 12.4. The van der Waals surface area contributed by atoms with E-state index in [0.29, 0.717) is 5.82 Å². The summed E-state index contributed by atoms with van der Waals surface area (Å²) in [6, 6.07) is 13.5. The highest BCUT2D eigenvalue weighted by atomic mass is 79.9. The lowest BCUT2D eigenvalue weighted by molar-refractivity contribution is 0.789. The predicted molar refractivity (Wildman–Crippen MR) is 81.4 cm³/mol. The first kappa shape index (κ1) is 12.8. The minimum atomic E-state index is 0.668. The summed E-state index contributed by atoms with van der Waals surface area (Å²) in [5, 5.41) is 12.0. The van der Waals surface area contributed by atoms with E-state index in [4.69, 9.17) is 5.73 Å². The van der Waals surface area contributed by atoms with Gasteiger partial charge in [-0.25, -0.2) is 0 Å². The average molecular weight is 330 g/mol. The van der Waals surface area contributed by atoms with Gasteiger partial charge in [-0.3, -0.25) is 0 Å². The van der Waals surface area contributed by atoms with E-state index in [0.717, 1.165) is 27.0 Å². The van der Waals surface area contributed by atoms with Crippen LogP contribution in [0.2, 0.25) is 0 Å². The number of aromatic nitrogens is 4. The Morgan fingerprint density at radius 1 is 1.10 bits per heavy atom. The van der Waals surface area contributed by atoms with Gasteiger partial charge in [-0.15, -0.1) is 5.10 Å². The van der Waals surface area contributed by atoms with Crippen LogP contribution in [0.1, 0.15) is 5.56 Å². The molecule has 0 amide bonds. The number of nitrogens with zero attached hydrogens (tertiary/aromatic N) is 4. The molecule has 0 atom stereocenters. The predicted octanol–water partition coefficient (Wildman–Crippen LogP) is 2.98. The zero-order chi connectivity index (χ0) is 14.1. The summed E-state index contributed by atoms with van der Waals surface area (Å²) in [6.07, 6.45) is 0. The third kappa shape index (κ3) is 2.08. The summed E-state index contributed by atoms with van der Waals surface area (Å²) in [4.78, 5) is 0. The second kappa shape index (κ2) is 5.05. The fraction of sp³-hybridized carbons (Fsp3) is 0.0714. The molecule has 0 aliphatic heterocycles. The van der Waals surface area contributed by atoms with E-state index >= 15 is 0 Å². The molecule has 1 aromatic heterocycles. The van der Waals surface area contributed by atoms with Crippen molar-refractivity contribution >= 4 is 21.6 Å². The van der Waals surface area contributed by atoms with E-state index in [-0.39, 0.29) is 0 Å². The quantitative estimate of drug-likeness (QED) is 0.734. The van der Waals surface area contributed by atoms with Crippen molar-refractivity contribution in [2.24, 2.45) is 0 Å². The molecule has 0 bridgehead atoms. The van der Waals surface area contributed by atoms with Gasteiger partial charge in [0.25, 0.3) is 0 Å². The van der Waals surface area contributed by atoms with Gasteiger partial charge in [0, 0.05) is 15.7 Å². The van der Waals surface area contributed by atoms with Gasteiger partial charge in [0.15, 0.2) is 5.82 Å². The monoisotopic (exact) mass is 329 g/mol. The molecule has 0 spiro atoms. The van der Waals surface area contributed by atoms with Gasteiger partial charge >= 0.3 is 0 Å². The van der Waals surface area contributed by atoms with Crippen LogP contribution >= 0.6 is 15.9 Å². The van der Waals surface area contributed by atoms with E-state index in [9.17, 15) is 0 Å². The van der Waals surface area contributed by atoms with Crippen LogP contribution in [0.3, 0.4) is 0 Å². The van der Waals surface area contributed by atoms with Crippen molar-refractivity contribution in [1.82, 2.24) is 20.2 Å². The molecular formula is C14H12BrN5. The molecule has 2 N–H and O–H groups in total. The lowest BCUT2D eigenvalue weighted by Crippen LogP contribution is -2.02. The molecule has 0 fully saturated rings. The first-order valence-electron chi connectivity index (χ1n) is 6.07. The summed E-state index contributed by atoms with van der Waals surface area (Å²) in [5.74, 6) is 0.668. The first-order valence-corrected chi connectivity index (χ1v) is 6.86. The van der Waals surface area contributed by atoms with Gasteiger partial charge in [0.05, 0.1) is 5.69 Å². The lowest BCUT2D eigenvalue weighted by Gasteiger charge is -2.09. The fourth-order valence-corrected chi connectivity index (χ4v) is 2.49. The molecule has 0 aliphatic carbocycles. The Bertz CT molecular complexity index is 766. The number of hydrogen-bond acceptors (Lipinski definition) is 4. The standard InChI is InChI=1S/C14H12BrN5/c1-9-10(5-4-7-12(9)16)14-17-18-19-20(14)13-8-3-2-6-11(13)15/h2-8H,16H2,1H3. The molecule has 0 unspecified atom stereocenters. The van der Waals surface area contributed by atoms with Crippen LogP contribution in [0, 0.1) is 6.92 Å². The molecule has 1 heterocycles. The van der Waals surface area contributed by atoms with Crippen molar-refractivity contribution in [2.45, 2.75) is 6.92 Å². The van der Waals surface area contributed by atoms with Crippen LogP contribution < -0.4 is 5.73 Å². The number of halogens is 1. The summed E-state index contributed by atoms with van der Waals surface area (Å²) < 4.78 is 2.63. The average Bonchev–Trinajstić information content (AvgIpc) is 2.91. The largest absolute Gasteiger partial charge is 0.398 e. The number of rotatable bonds is 2. The second-order valence-corrected chi connectivity index (χ2v) is 5.24. The van der Waals surface area contributed by atoms with E-state index in [1.54, 1.807) is 4.68 Å². The molecule has 2 aromatic carbocycles. The van der Waals surface area contributed by atoms with Gasteiger partial charge in [0.1, 0.15) is 0 Å². The smallest absolute Gasteiger partial charge is 0.187 e. The molecule has 100 valence electrons. The Balaban J connectivity index is 2.21. The maximum Gasteiger partial charge on any atom is 0.187 e. The number of hydrogen-bond donors (Lipinski definition) is 1. The second-order valence-electron chi connectivity index (χ2n) is 4.39. The Kier molecular flexibility index (Phi) is 3.23. The molecule has 5 nitrogen and oxygen atoms in total. The van der Waals surface area contributed by atoms with Gasteiger partial charge in [-0.2, -0.15) is 4.68 Å². The van der Waals surface area contributed by atoms with Crippen LogP contribution in [0.4, 0.5) is 5.69 Å². The minimum absolute atomic E-state index is 0.668. The van der Waals surface area contributed by atoms with E-state index in [2.05, 4.69) is 31.5 Å². The summed E-state index contributed by atoms with van der Waals surface area (Å²) in [5.41, 5.74) is 9.46. The Hall–Kier alpha value is -2.21. The van der Waals surface area contributed by atoms with E-state index in [1.165, 1.54) is 0 Å². The first-order chi connectivity index (χ1) is 9.68. The Morgan fingerprint density at radius 3 is 2.70 bits per heavy atom. The van der Waals surface area contributed by atoms with Crippen LogP contribution in [-0.4, -0.2) is 20.2 Å². The molecule has 0 aliphatic rings. The normalized spacial score (nSPS) is 10.7. The van der Waals surface area contributed by atoms with Gasteiger partial charge in [0.2, 0.25) is 0 Å². The molecule has 0 radical (unpaired) electrons. The molecule has 6 heteroatoms. The van der Waals surface area contributed by atoms with Crippen LogP contribution in [0.5, 0.6) is 0 Å².